The fourth-order valence-corrected chi connectivity index (χ4v) is 2.88. The van der Waals surface area contributed by atoms with Gasteiger partial charge in [0.1, 0.15) is 0 Å². The summed E-state index contributed by atoms with van der Waals surface area (Å²) < 4.78 is 0. The molecular formula is C13H10ClNOS2. The van der Waals surface area contributed by atoms with Gasteiger partial charge < -0.3 is 5.73 Å². The van der Waals surface area contributed by atoms with Gasteiger partial charge in [-0.15, -0.1) is 11.3 Å². The van der Waals surface area contributed by atoms with Gasteiger partial charge in [0.05, 0.1) is 9.87 Å². The van der Waals surface area contributed by atoms with Crippen molar-refractivity contribution in [2.45, 2.75) is 6.42 Å². The highest BCUT2D eigenvalue weighted by molar-refractivity contribution is 7.80. The van der Waals surface area contributed by atoms with E-state index in [1.54, 1.807) is 30.3 Å². The molecule has 2 nitrogen and oxygen atoms in total. The van der Waals surface area contributed by atoms with E-state index in [0.717, 1.165) is 4.88 Å². The summed E-state index contributed by atoms with van der Waals surface area (Å²) in [5, 5.41) is 0.617. The molecule has 0 aliphatic heterocycles. The van der Waals surface area contributed by atoms with Crippen molar-refractivity contribution >= 4 is 45.9 Å². The fourth-order valence-electron chi connectivity index (χ4n) is 1.51. The van der Waals surface area contributed by atoms with E-state index in [1.165, 1.54) is 11.3 Å². The lowest BCUT2D eigenvalue weighted by atomic mass is 10.1. The molecular weight excluding hydrogens is 286 g/mol. The Morgan fingerprint density at radius 2 is 1.89 bits per heavy atom. The number of thiocarbonyl (C=S) groups is 1. The molecule has 92 valence electrons. The maximum absolute atomic E-state index is 12.2. The smallest absolute Gasteiger partial charge is 0.202 e. The molecule has 1 heterocycles. The number of carbonyl (C=O) groups excluding carboxylic acids is 1. The normalized spacial score (nSPS) is 10.3. The van der Waals surface area contributed by atoms with E-state index in [-0.39, 0.29) is 5.78 Å². The topological polar surface area (TPSA) is 43.1 Å². The molecule has 5 heteroatoms. The zero-order valence-electron chi connectivity index (χ0n) is 9.35. The van der Waals surface area contributed by atoms with Gasteiger partial charge in [0.15, 0.2) is 0 Å². The molecule has 18 heavy (non-hydrogen) atoms. The second-order valence-electron chi connectivity index (χ2n) is 3.75. The van der Waals surface area contributed by atoms with Crippen LogP contribution in [0.4, 0.5) is 0 Å². The van der Waals surface area contributed by atoms with E-state index in [1.807, 2.05) is 6.07 Å². The van der Waals surface area contributed by atoms with Gasteiger partial charge in [-0.3, -0.25) is 4.79 Å². The Balaban J connectivity index is 2.21. The molecule has 0 aliphatic carbocycles. The summed E-state index contributed by atoms with van der Waals surface area (Å²) in [5.41, 5.74) is 6.10. The van der Waals surface area contributed by atoms with E-state index >= 15 is 0 Å². The summed E-state index contributed by atoms with van der Waals surface area (Å²) in [6.45, 7) is 0. The van der Waals surface area contributed by atoms with Crippen LogP contribution in [0.2, 0.25) is 5.02 Å². The average Bonchev–Trinajstić information content (AvgIpc) is 2.76. The van der Waals surface area contributed by atoms with Gasteiger partial charge in [0, 0.05) is 21.9 Å². The Kier molecular flexibility index (Phi) is 4.11. The number of nitrogens with two attached hydrogens (primary N) is 1. The second kappa shape index (κ2) is 5.61. The summed E-state index contributed by atoms with van der Waals surface area (Å²) in [4.78, 5) is 14.3. The van der Waals surface area contributed by atoms with Crippen LogP contribution in [0.15, 0.2) is 36.4 Å². The fraction of sp³-hybridized carbons (Fsp3) is 0.0769. The van der Waals surface area contributed by atoms with Crippen molar-refractivity contribution in [3.05, 3.63) is 56.7 Å². The summed E-state index contributed by atoms with van der Waals surface area (Å²) in [6, 6.07) is 10.5. The van der Waals surface area contributed by atoms with Crippen molar-refractivity contribution < 1.29 is 4.79 Å². The summed E-state index contributed by atoms with van der Waals surface area (Å²) >= 11 is 12.1. The van der Waals surface area contributed by atoms with Gasteiger partial charge in [-0.05, 0) is 36.4 Å². The van der Waals surface area contributed by atoms with Crippen molar-refractivity contribution in [3.63, 3.8) is 0 Å². The van der Waals surface area contributed by atoms with Crippen molar-refractivity contribution in [2.24, 2.45) is 5.73 Å². The molecule has 0 bridgehead atoms. The second-order valence-corrected chi connectivity index (χ2v) is 5.87. The van der Waals surface area contributed by atoms with Gasteiger partial charge in [0.25, 0.3) is 0 Å². The van der Waals surface area contributed by atoms with Crippen LogP contribution in [0, 0.1) is 0 Å². The first-order chi connectivity index (χ1) is 8.56. The highest BCUT2D eigenvalue weighted by atomic mass is 35.5. The third-order valence-electron chi connectivity index (χ3n) is 2.34. The highest BCUT2D eigenvalue weighted by Crippen LogP contribution is 2.21. The number of hydrogen-bond donors (Lipinski definition) is 1. The summed E-state index contributed by atoms with van der Waals surface area (Å²) in [7, 11) is 0. The van der Waals surface area contributed by atoms with Crippen molar-refractivity contribution in [3.8, 4) is 0 Å². The molecule has 2 N–H and O–H groups in total. The maximum Gasteiger partial charge on any atom is 0.202 e. The molecule has 0 saturated heterocycles. The number of thiophene rings is 1. The van der Waals surface area contributed by atoms with Crippen LogP contribution in [0.3, 0.4) is 0 Å². The highest BCUT2D eigenvalue weighted by Gasteiger charge is 2.12. The number of rotatable bonds is 4. The molecule has 0 spiro atoms. The van der Waals surface area contributed by atoms with Crippen molar-refractivity contribution in [1.82, 2.24) is 0 Å². The van der Waals surface area contributed by atoms with E-state index in [2.05, 4.69) is 0 Å². The van der Waals surface area contributed by atoms with Gasteiger partial charge >= 0.3 is 0 Å². The monoisotopic (exact) mass is 295 g/mol. The number of benzene rings is 1. The maximum atomic E-state index is 12.2. The van der Waals surface area contributed by atoms with Crippen LogP contribution in [-0.4, -0.2) is 10.8 Å². The number of carbonyl (C=O) groups is 1. The molecule has 0 saturated carbocycles. The first-order valence-electron chi connectivity index (χ1n) is 5.23. The van der Waals surface area contributed by atoms with E-state index in [0.29, 0.717) is 26.9 Å². The zero-order chi connectivity index (χ0) is 13.1. The molecule has 0 atom stereocenters. The van der Waals surface area contributed by atoms with E-state index < -0.39 is 0 Å². The van der Waals surface area contributed by atoms with Crippen LogP contribution in [0.25, 0.3) is 0 Å². The predicted molar refractivity (Wildman–Crippen MR) is 79.7 cm³/mol. The van der Waals surface area contributed by atoms with E-state index in [4.69, 9.17) is 29.6 Å². The van der Waals surface area contributed by atoms with Crippen LogP contribution < -0.4 is 5.73 Å². The molecule has 0 amide bonds. The number of halogens is 1. The van der Waals surface area contributed by atoms with E-state index in [9.17, 15) is 4.79 Å². The molecule has 2 rings (SSSR count). The quantitative estimate of drug-likeness (QED) is 0.694. The summed E-state index contributed by atoms with van der Waals surface area (Å²) in [5.74, 6) is -0.00847. The predicted octanol–water partition coefficient (Wildman–Crippen LogP) is 3.46. The molecule has 0 unspecified atom stereocenters. The lowest BCUT2D eigenvalue weighted by molar-refractivity contribution is 0.104. The third-order valence-corrected chi connectivity index (χ3v) is 3.82. The Morgan fingerprint density at radius 3 is 2.50 bits per heavy atom. The Labute approximate surface area is 119 Å². The first kappa shape index (κ1) is 13.2. The lowest BCUT2D eigenvalue weighted by Gasteiger charge is -1.98. The largest absolute Gasteiger partial charge is 0.393 e. The number of ketones is 1. The zero-order valence-corrected chi connectivity index (χ0v) is 11.7. The Morgan fingerprint density at radius 1 is 1.22 bits per heavy atom. The molecule has 0 aliphatic rings. The van der Waals surface area contributed by atoms with Gasteiger partial charge in [-0.25, -0.2) is 0 Å². The van der Waals surface area contributed by atoms with Crippen molar-refractivity contribution in [1.29, 1.82) is 0 Å². The van der Waals surface area contributed by atoms with Gasteiger partial charge in [-0.1, -0.05) is 23.8 Å². The molecule has 1 aromatic carbocycles. The Hall–Kier alpha value is -1.23. The minimum absolute atomic E-state index is 0.00847. The third kappa shape index (κ3) is 3.16. The number of hydrogen-bond acceptors (Lipinski definition) is 3. The molecule has 1 aromatic heterocycles. The molecule has 2 aromatic rings. The standard InChI is InChI=1S/C13H10ClNOS2/c14-9-3-1-8(2-4-9)13(16)11-6-5-10(18-11)7-12(15)17/h1-6H,7H2,(H2,15,17). The van der Waals surface area contributed by atoms with Gasteiger partial charge in [-0.2, -0.15) is 0 Å². The first-order valence-corrected chi connectivity index (χ1v) is 6.84. The molecule has 0 fully saturated rings. The van der Waals surface area contributed by atoms with Crippen molar-refractivity contribution in [2.75, 3.05) is 0 Å². The van der Waals surface area contributed by atoms with Crippen LogP contribution in [0.1, 0.15) is 20.1 Å². The minimum atomic E-state index is -0.00847. The van der Waals surface area contributed by atoms with Crippen LogP contribution >= 0.6 is 35.2 Å². The Bertz CT molecular complexity index is 589. The minimum Gasteiger partial charge on any atom is -0.393 e. The van der Waals surface area contributed by atoms with Crippen LogP contribution in [0.5, 0.6) is 0 Å². The average molecular weight is 296 g/mol. The van der Waals surface area contributed by atoms with Gasteiger partial charge in [0.2, 0.25) is 5.78 Å². The molecule has 0 radical (unpaired) electrons. The summed E-state index contributed by atoms with van der Waals surface area (Å²) in [6.07, 6.45) is 0.536. The van der Waals surface area contributed by atoms with Crippen LogP contribution in [-0.2, 0) is 6.42 Å². The lowest BCUT2D eigenvalue weighted by Crippen LogP contribution is -2.09. The SMILES string of the molecule is NC(=S)Cc1ccc(C(=O)c2ccc(Cl)cc2)s1.